The van der Waals surface area contributed by atoms with E-state index in [9.17, 15) is 9.59 Å². The molecule has 0 aromatic heterocycles. The van der Waals surface area contributed by atoms with E-state index < -0.39 is 5.97 Å². The van der Waals surface area contributed by atoms with E-state index in [2.05, 4.69) is 0 Å². The number of carboxylic acid groups (broad SMARTS) is 1. The van der Waals surface area contributed by atoms with Crippen molar-refractivity contribution in [3.63, 3.8) is 0 Å². The summed E-state index contributed by atoms with van der Waals surface area (Å²) >= 11 is 18.6. The van der Waals surface area contributed by atoms with E-state index >= 15 is 0 Å². The molecule has 2 aromatic rings. The molecule has 1 aliphatic rings. The van der Waals surface area contributed by atoms with Gasteiger partial charge in [-0.15, -0.1) is 0 Å². The van der Waals surface area contributed by atoms with Gasteiger partial charge in [-0.25, -0.2) is 0 Å². The summed E-state index contributed by atoms with van der Waals surface area (Å²) in [5.41, 5.74) is 2.73. The second-order valence-corrected chi connectivity index (χ2v) is 8.58. The lowest BCUT2D eigenvalue weighted by Crippen LogP contribution is -2.29. The van der Waals surface area contributed by atoms with Gasteiger partial charge in [-0.05, 0) is 47.4 Å². The fourth-order valence-electron chi connectivity index (χ4n) is 2.72. The summed E-state index contributed by atoms with van der Waals surface area (Å²) in [6, 6.07) is 13.1. The van der Waals surface area contributed by atoms with Crippen LogP contribution in [0.4, 0.5) is 0 Å². The molecule has 8 heteroatoms. The lowest BCUT2D eigenvalue weighted by molar-refractivity contribution is -0.137. The van der Waals surface area contributed by atoms with Crippen molar-refractivity contribution in [1.29, 1.82) is 0 Å². The fourth-order valence-corrected chi connectivity index (χ4v) is 4.32. The fraction of sp³-hybridized carbons (Fsp3) is 0.150. The number of carboxylic acids is 1. The molecule has 0 aliphatic carbocycles. The third-order valence-electron chi connectivity index (χ3n) is 4.08. The second-order valence-electron chi connectivity index (χ2n) is 6.08. The third-order valence-corrected chi connectivity index (χ3v) is 6.20. The van der Waals surface area contributed by atoms with Gasteiger partial charge in [-0.3, -0.25) is 14.5 Å². The van der Waals surface area contributed by atoms with E-state index in [0.29, 0.717) is 32.2 Å². The van der Waals surface area contributed by atoms with Gasteiger partial charge in [0.2, 0.25) is 0 Å². The number of carbonyl (C=O) groups excluding carboxylic acids is 1. The molecule has 144 valence electrons. The van der Waals surface area contributed by atoms with Crippen molar-refractivity contribution in [2.24, 2.45) is 0 Å². The highest BCUT2D eigenvalue weighted by atomic mass is 35.5. The predicted molar refractivity (Wildman–Crippen MR) is 119 cm³/mol. The monoisotopic (exact) mass is 451 g/mol. The van der Waals surface area contributed by atoms with Gasteiger partial charge < -0.3 is 5.11 Å². The van der Waals surface area contributed by atoms with Gasteiger partial charge in [0.25, 0.3) is 5.91 Å². The highest BCUT2D eigenvalue weighted by molar-refractivity contribution is 8.26. The number of amides is 1. The Labute approximate surface area is 182 Å². The Morgan fingerprint density at radius 1 is 1.14 bits per heavy atom. The van der Waals surface area contributed by atoms with Crippen molar-refractivity contribution >= 4 is 69.5 Å². The van der Waals surface area contributed by atoms with Crippen LogP contribution in [0.2, 0.25) is 10.0 Å². The number of thiocarbonyl (C=S) groups is 1. The van der Waals surface area contributed by atoms with E-state index in [-0.39, 0.29) is 12.3 Å². The van der Waals surface area contributed by atoms with Crippen LogP contribution in [0, 0.1) is 0 Å². The first kappa shape index (κ1) is 20.9. The van der Waals surface area contributed by atoms with Crippen LogP contribution >= 0.6 is 47.2 Å². The zero-order valence-electron chi connectivity index (χ0n) is 14.5. The molecule has 0 unspecified atom stereocenters. The van der Waals surface area contributed by atoms with Crippen LogP contribution in [0.15, 0.2) is 47.4 Å². The molecule has 1 aliphatic heterocycles. The maximum atomic E-state index is 12.6. The minimum absolute atomic E-state index is 0.00179. The summed E-state index contributed by atoms with van der Waals surface area (Å²) in [7, 11) is 0. The van der Waals surface area contributed by atoms with Crippen LogP contribution in [0.5, 0.6) is 0 Å². The van der Waals surface area contributed by atoms with Gasteiger partial charge in [-0.2, -0.15) is 0 Å². The number of carbonyl (C=O) groups is 2. The number of hydrogen-bond donors (Lipinski definition) is 1. The Kier molecular flexibility index (Phi) is 6.78. The quantitative estimate of drug-likeness (QED) is 0.448. The van der Waals surface area contributed by atoms with E-state index in [0.717, 1.165) is 16.7 Å². The van der Waals surface area contributed by atoms with Gasteiger partial charge >= 0.3 is 5.97 Å². The van der Waals surface area contributed by atoms with Crippen LogP contribution in [-0.2, 0) is 9.59 Å². The predicted octanol–water partition coefficient (Wildman–Crippen LogP) is 5.73. The molecule has 0 atom stereocenters. The van der Waals surface area contributed by atoms with Crippen LogP contribution in [0.1, 0.15) is 18.4 Å². The zero-order valence-corrected chi connectivity index (χ0v) is 17.7. The SMILES string of the molecule is O=C(O)CCCN1C(=O)/C(=C/c2cccc(-c3ccc(Cl)c(Cl)c3)c2)SC1=S. The minimum Gasteiger partial charge on any atom is -0.481 e. The maximum Gasteiger partial charge on any atom is 0.303 e. The molecule has 3 rings (SSSR count). The Bertz CT molecular complexity index is 991. The first-order valence-electron chi connectivity index (χ1n) is 8.38. The first-order chi connectivity index (χ1) is 13.3. The van der Waals surface area contributed by atoms with Gasteiger partial charge in [-0.1, -0.05) is 71.4 Å². The summed E-state index contributed by atoms with van der Waals surface area (Å²) in [5, 5.41) is 9.72. The highest BCUT2D eigenvalue weighted by Gasteiger charge is 2.31. The summed E-state index contributed by atoms with van der Waals surface area (Å²) in [6.45, 7) is 0.303. The number of rotatable bonds is 6. The molecule has 0 radical (unpaired) electrons. The average Bonchev–Trinajstić information content (AvgIpc) is 2.91. The van der Waals surface area contributed by atoms with Crippen LogP contribution in [0.3, 0.4) is 0 Å². The molecule has 1 fully saturated rings. The van der Waals surface area contributed by atoms with Crippen LogP contribution < -0.4 is 0 Å². The van der Waals surface area contributed by atoms with Crippen molar-refractivity contribution in [2.45, 2.75) is 12.8 Å². The van der Waals surface area contributed by atoms with Crippen molar-refractivity contribution in [2.75, 3.05) is 6.54 Å². The number of halogens is 2. The summed E-state index contributed by atoms with van der Waals surface area (Å²) < 4.78 is 0.447. The number of nitrogens with zero attached hydrogens (tertiary/aromatic N) is 1. The second kappa shape index (κ2) is 9.09. The lowest BCUT2D eigenvalue weighted by atomic mass is 10.0. The van der Waals surface area contributed by atoms with Crippen molar-refractivity contribution in [1.82, 2.24) is 4.90 Å². The van der Waals surface area contributed by atoms with Gasteiger partial charge in [0, 0.05) is 13.0 Å². The van der Waals surface area contributed by atoms with Crippen LogP contribution in [0.25, 0.3) is 17.2 Å². The smallest absolute Gasteiger partial charge is 0.303 e. The molecule has 1 heterocycles. The molecular formula is C20H15Cl2NO3S2. The minimum atomic E-state index is -0.889. The zero-order chi connectivity index (χ0) is 20.3. The molecule has 1 saturated heterocycles. The molecule has 1 N–H and O–H groups in total. The standard InChI is InChI=1S/C20H15Cl2NO3S2/c21-15-7-6-14(11-16(15)22)13-4-1-3-12(9-13)10-17-19(26)23(20(27)28-17)8-2-5-18(24)25/h1,3-4,6-7,9-11H,2,5,8H2,(H,24,25)/b17-10-. The number of benzene rings is 2. The average molecular weight is 452 g/mol. The van der Waals surface area contributed by atoms with Crippen LogP contribution in [-0.4, -0.2) is 32.7 Å². The van der Waals surface area contributed by atoms with E-state index in [4.69, 9.17) is 40.5 Å². The molecule has 0 spiro atoms. The molecule has 28 heavy (non-hydrogen) atoms. The molecule has 0 saturated carbocycles. The lowest BCUT2D eigenvalue weighted by Gasteiger charge is -2.13. The Morgan fingerprint density at radius 2 is 1.89 bits per heavy atom. The third kappa shape index (κ3) is 4.94. The van der Waals surface area contributed by atoms with E-state index in [1.54, 1.807) is 18.2 Å². The summed E-state index contributed by atoms with van der Waals surface area (Å²) in [5.74, 6) is -1.08. The summed E-state index contributed by atoms with van der Waals surface area (Å²) in [4.78, 5) is 25.2. The van der Waals surface area contributed by atoms with E-state index in [1.165, 1.54) is 16.7 Å². The van der Waals surface area contributed by atoms with E-state index in [1.807, 2.05) is 30.3 Å². The first-order valence-corrected chi connectivity index (χ1v) is 10.4. The Morgan fingerprint density at radius 3 is 2.61 bits per heavy atom. The number of hydrogen-bond acceptors (Lipinski definition) is 4. The summed E-state index contributed by atoms with van der Waals surface area (Å²) in [6.07, 6.45) is 2.15. The highest BCUT2D eigenvalue weighted by Crippen LogP contribution is 2.34. The van der Waals surface area contributed by atoms with Gasteiger partial charge in [0.05, 0.1) is 15.0 Å². The Balaban J connectivity index is 1.80. The van der Waals surface area contributed by atoms with Crippen molar-refractivity contribution in [3.8, 4) is 11.1 Å². The molecule has 1 amide bonds. The normalized spacial score (nSPS) is 15.5. The maximum absolute atomic E-state index is 12.6. The molecule has 0 bridgehead atoms. The largest absolute Gasteiger partial charge is 0.481 e. The topological polar surface area (TPSA) is 57.6 Å². The van der Waals surface area contributed by atoms with Crippen molar-refractivity contribution in [3.05, 3.63) is 63.0 Å². The number of thioether (sulfide) groups is 1. The van der Waals surface area contributed by atoms with Gasteiger partial charge in [0.15, 0.2) is 0 Å². The van der Waals surface area contributed by atoms with Gasteiger partial charge in [0.1, 0.15) is 4.32 Å². The molecular weight excluding hydrogens is 437 g/mol. The Hall–Kier alpha value is -1.86. The number of aliphatic carboxylic acids is 1. The molecule has 2 aromatic carbocycles. The molecule has 4 nitrogen and oxygen atoms in total. The van der Waals surface area contributed by atoms with Crippen molar-refractivity contribution < 1.29 is 14.7 Å².